The predicted molar refractivity (Wildman–Crippen MR) is 63.0 cm³/mol. The highest BCUT2D eigenvalue weighted by Gasteiger charge is 2.11. The molecule has 0 radical (unpaired) electrons. The fraction of sp³-hybridized carbons (Fsp3) is 0.300. The Hall–Kier alpha value is -1.43. The summed E-state index contributed by atoms with van der Waals surface area (Å²) in [4.78, 5) is 12.2. The second-order valence-corrected chi connectivity index (χ2v) is 4.21. The Labute approximate surface area is 101 Å². The van der Waals surface area contributed by atoms with Gasteiger partial charge in [0, 0.05) is 6.07 Å². The van der Waals surface area contributed by atoms with Crippen molar-refractivity contribution in [2.24, 2.45) is 0 Å². The van der Waals surface area contributed by atoms with Gasteiger partial charge < -0.3 is 9.73 Å². The molecule has 0 aromatic carbocycles. The fourth-order valence-corrected chi connectivity index (χ4v) is 1.58. The van der Waals surface area contributed by atoms with Crippen molar-refractivity contribution < 1.29 is 4.42 Å². The van der Waals surface area contributed by atoms with E-state index in [-0.39, 0.29) is 6.04 Å². The molecule has 0 aliphatic rings. The number of oxazole rings is 1. The van der Waals surface area contributed by atoms with Gasteiger partial charge in [0.15, 0.2) is 0 Å². The molecule has 16 heavy (non-hydrogen) atoms. The second-order valence-electron chi connectivity index (χ2n) is 3.40. The molecule has 0 fully saturated rings. The molecule has 0 aliphatic carbocycles. The Kier molecular flexibility index (Phi) is 3.19. The molecular weight excluding hydrogens is 272 g/mol. The minimum Gasteiger partial charge on any atom is -0.444 e. The van der Waals surface area contributed by atoms with Gasteiger partial charge >= 0.3 is 0 Å². The van der Waals surface area contributed by atoms with Crippen LogP contribution in [0, 0.1) is 6.92 Å². The Balaban J connectivity index is 2.10. The number of nitrogens with one attached hydrogen (secondary N) is 1. The number of aromatic nitrogens is 3. The summed E-state index contributed by atoms with van der Waals surface area (Å²) >= 11 is 3.28. The Morgan fingerprint density at radius 3 is 2.81 bits per heavy atom. The quantitative estimate of drug-likeness (QED) is 0.877. The first kappa shape index (κ1) is 11.1. The van der Waals surface area contributed by atoms with Gasteiger partial charge in [0.05, 0.1) is 6.20 Å². The minimum absolute atomic E-state index is 0.0319. The van der Waals surface area contributed by atoms with Gasteiger partial charge in [-0.05, 0) is 29.8 Å². The van der Waals surface area contributed by atoms with Crippen LogP contribution in [0.1, 0.15) is 24.6 Å². The molecule has 1 N–H and O–H groups in total. The normalized spacial score (nSPS) is 12.4. The standard InChI is InChI=1S/C10H11BrN4O/c1-6-4-12-10(16-6)7(2)15-9-3-8(11)13-5-14-9/h3-5,7H,1-2H3,(H,13,14,15). The van der Waals surface area contributed by atoms with Gasteiger partial charge in [0.25, 0.3) is 0 Å². The molecule has 2 heterocycles. The average Bonchev–Trinajstić information content (AvgIpc) is 2.65. The second kappa shape index (κ2) is 4.61. The lowest BCUT2D eigenvalue weighted by molar-refractivity contribution is 0.453. The molecule has 0 spiro atoms. The Morgan fingerprint density at radius 1 is 1.38 bits per heavy atom. The van der Waals surface area contributed by atoms with Crippen LogP contribution in [-0.2, 0) is 0 Å². The fourth-order valence-electron chi connectivity index (χ4n) is 1.27. The van der Waals surface area contributed by atoms with Crippen molar-refractivity contribution in [2.75, 3.05) is 5.32 Å². The van der Waals surface area contributed by atoms with E-state index in [0.717, 1.165) is 16.2 Å². The maximum absolute atomic E-state index is 5.42. The van der Waals surface area contributed by atoms with Crippen molar-refractivity contribution in [3.05, 3.63) is 34.8 Å². The van der Waals surface area contributed by atoms with Gasteiger partial charge in [-0.1, -0.05) is 0 Å². The zero-order chi connectivity index (χ0) is 11.5. The van der Waals surface area contributed by atoms with E-state index in [1.54, 1.807) is 12.3 Å². The van der Waals surface area contributed by atoms with E-state index >= 15 is 0 Å². The van der Waals surface area contributed by atoms with Crippen LogP contribution in [0.2, 0.25) is 0 Å². The largest absolute Gasteiger partial charge is 0.444 e. The third-order valence-electron chi connectivity index (χ3n) is 2.01. The summed E-state index contributed by atoms with van der Waals surface area (Å²) in [6.45, 7) is 3.83. The predicted octanol–water partition coefficient (Wildman–Crippen LogP) is 2.71. The number of hydrogen-bond acceptors (Lipinski definition) is 5. The van der Waals surface area contributed by atoms with Crippen LogP contribution in [0.3, 0.4) is 0 Å². The number of aryl methyl sites for hydroxylation is 1. The van der Waals surface area contributed by atoms with Crippen molar-refractivity contribution in [3.63, 3.8) is 0 Å². The van der Waals surface area contributed by atoms with E-state index in [9.17, 15) is 0 Å². The molecule has 5 nitrogen and oxygen atoms in total. The summed E-state index contributed by atoms with van der Waals surface area (Å²) in [5.41, 5.74) is 0. The van der Waals surface area contributed by atoms with Crippen LogP contribution in [0.25, 0.3) is 0 Å². The minimum atomic E-state index is -0.0319. The van der Waals surface area contributed by atoms with Gasteiger partial charge in [-0.2, -0.15) is 0 Å². The van der Waals surface area contributed by atoms with Gasteiger partial charge in [0.2, 0.25) is 5.89 Å². The topological polar surface area (TPSA) is 63.8 Å². The summed E-state index contributed by atoms with van der Waals surface area (Å²) < 4.78 is 6.16. The van der Waals surface area contributed by atoms with Gasteiger partial charge in [-0.25, -0.2) is 15.0 Å². The third-order valence-corrected chi connectivity index (χ3v) is 2.44. The summed E-state index contributed by atoms with van der Waals surface area (Å²) in [5.74, 6) is 2.17. The first-order valence-corrected chi connectivity index (χ1v) is 5.61. The van der Waals surface area contributed by atoms with E-state index in [1.807, 2.05) is 13.8 Å². The summed E-state index contributed by atoms with van der Waals surface area (Å²) in [5, 5.41) is 3.17. The van der Waals surface area contributed by atoms with Crippen LogP contribution in [-0.4, -0.2) is 15.0 Å². The van der Waals surface area contributed by atoms with Crippen molar-refractivity contribution in [1.82, 2.24) is 15.0 Å². The molecule has 84 valence electrons. The van der Waals surface area contributed by atoms with Crippen LogP contribution in [0.15, 0.2) is 27.6 Å². The van der Waals surface area contributed by atoms with E-state index < -0.39 is 0 Å². The summed E-state index contributed by atoms with van der Waals surface area (Å²) in [6, 6.07) is 1.77. The summed E-state index contributed by atoms with van der Waals surface area (Å²) in [6.07, 6.45) is 3.18. The zero-order valence-electron chi connectivity index (χ0n) is 8.94. The molecule has 6 heteroatoms. The monoisotopic (exact) mass is 282 g/mol. The first-order chi connectivity index (χ1) is 7.65. The van der Waals surface area contributed by atoms with Crippen LogP contribution in [0.5, 0.6) is 0 Å². The highest BCUT2D eigenvalue weighted by Crippen LogP contribution is 2.18. The van der Waals surface area contributed by atoms with Crippen molar-refractivity contribution in [2.45, 2.75) is 19.9 Å². The molecule has 1 unspecified atom stereocenters. The highest BCUT2D eigenvalue weighted by atomic mass is 79.9. The van der Waals surface area contributed by atoms with Gasteiger partial charge in [0.1, 0.15) is 28.6 Å². The number of nitrogens with zero attached hydrogens (tertiary/aromatic N) is 3. The molecule has 2 aromatic rings. The van der Waals surface area contributed by atoms with Crippen molar-refractivity contribution in [1.29, 1.82) is 0 Å². The average molecular weight is 283 g/mol. The van der Waals surface area contributed by atoms with Crippen molar-refractivity contribution in [3.8, 4) is 0 Å². The molecule has 0 saturated carbocycles. The molecule has 0 saturated heterocycles. The maximum atomic E-state index is 5.42. The van der Waals surface area contributed by atoms with E-state index in [0.29, 0.717) is 5.89 Å². The van der Waals surface area contributed by atoms with E-state index in [4.69, 9.17) is 4.42 Å². The Bertz CT molecular complexity index is 485. The highest BCUT2D eigenvalue weighted by molar-refractivity contribution is 9.10. The number of anilines is 1. The molecule has 0 aliphatic heterocycles. The third kappa shape index (κ3) is 2.57. The maximum Gasteiger partial charge on any atom is 0.216 e. The van der Waals surface area contributed by atoms with Crippen LogP contribution >= 0.6 is 15.9 Å². The van der Waals surface area contributed by atoms with Crippen molar-refractivity contribution >= 4 is 21.7 Å². The molecule has 0 bridgehead atoms. The smallest absolute Gasteiger partial charge is 0.216 e. The molecule has 2 aromatic heterocycles. The molecular formula is C10H11BrN4O. The van der Waals surface area contributed by atoms with Crippen LogP contribution < -0.4 is 5.32 Å². The SMILES string of the molecule is Cc1cnc(C(C)Nc2cc(Br)ncn2)o1. The number of rotatable bonds is 3. The summed E-state index contributed by atoms with van der Waals surface area (Å²) in [7, 11) is 0. The van der Waals surface area contributed by atoms with E-state index in [2.05, 4.69) is 36.2 Å². The van der Waals surface area contributed by atoms with Gasteiger partial charge in [-0.15, -0.1) is 0 Å². The first-order valence-electron chi connectivity index (χ1n) is 4.81. The number of hydrogen-bond donors (Lipinski definition) is 1. The lowest BCUT2D eigenvalue weighted by atomic mass is 10.3. The zero-order valence-corrected chi connectivity index (χ0v) is 10.5. The molecule has 0 amide bonds. The van der Waals surface area contributed by atoms with E-state index in [1.165, 1.54) is 6.33 Å². The Morgan fingerprint density at radius 2 is 2.19 bits per heavy atom. The lowest BCUT2D eigenvalue weighted by Crippen LogP contribution is -2.08. The number of halogens is 1. The van der Waals surface area contributed by atoms with Gasteiger partial charge in [-0.3, -0.25) is 0 Å². The molecule has 2 rings (SSSR count). The lowest BCUT2D eigenvalue weighted by Gasteiger charge is -2.10. The molecule has 1 atom stereocenters. The van der Waals surface area contributed by atoms with Crippen LogP contribution in [0.4, 0.5) is 5.82 Å².